The molecule has 7 nitrogen and oxygen atoms in total. The smallest absolute Gasteiger partial charge is 0.430 e. The van der Waals surface area contributed by atoms with E-state index in [1.165, 1.54) is 17.0 Å². The van der Waals surface area contributed by atoms with Crippen LogP contribution in [0.2, 0.25) is 5.02 Å². The van der Waals surface area contributed by atoms with E-state index in [1.54, 1.807) is 32.3 Å². The van der Waals surface area contributed by atoms with Crippen molar-refractivity contribution in [3.8, 4) is 11.5 Å². The number of carbonyl (C=O) groups is 2. The zero-order chi connectivity index (χ0) is 30.2. The van der Waals surface area contributed by atoms with Crippen molar-refractivity contribution in [2.45, 2.75) is 68.9 Å². The minimum atomic E-state index is -5.19. The average Bonchev–Trinajstić information content (AvgIpc) is 3.74. The number of benzene rings is 2. The number of hydrogen-bond acceptors (Lipinski definition) is 5. The first-order chi connectivity index (χ1) is 19.8. The maximum absolute atomic E-state index is 14.2. The third-order valence-electron chi connectivity index (χ3n) is 8.44. The van der Waals surface area contributed by atoms with Gasteiger partial charge in [-0.25, -0.2) is 0 Å². The standard InChI is InChI=1S/C31H36ClF3N2O5/c1-36(2)28(38)26-9-8-24(18-27(26)32)42-25-15-20(16-25)14-19-10-12-37(13-11-19)29(39)30(40,31(33,34)35)21-4-3-5-23(17-21)41-22-6-7-22/h3-5,8-9,17-20,22,25,40H,6-7,10-16H2,1-2H3/t20?,25?,30-/m1/s1. The van der Waals surface area contributed by atoms with Crippen molar-refractivity contribution in [3.63, 3.8) is 0 Å². The first-order valence-electron chi connectivity index (χ1n) is 14.4. The first-order valence-corrected chi connectivity index (χ1v) is 14.8. The quantitative estimate of drug-likeness (QED) is 0.388. The summed E-state index contributed by atoms with van der Waals surface area (Å²) in [6.07, 6.45) is 0.229. The van der Waals surface area contributed by atoms with Crippen LogP contribution in [0, 0.1) is 11.8 Å². The lowest BCUT2D eigenvalue weighted by atomic mass is 9.74. The summed E-state index contributed by atoms with van der Waals surface area (Å²) in [7, 11) is 3.32. The van der Waals surface area contributed by atoms with Gasteiger partial charge >= 0.3 is 6.18 Å². The molecule has 1 N–H and O–H groups in total. The Morgan fingerprint density at radius 3 is 2.19 bits per heavy atom. The number of aliphatic hydroxyl groups is 1. The Hall–Kier alpha value is -2.98. The summed E-state index contributed by atoms with van der Waals surface area (Å²) >= 11 is 6.28. The third-order valence-corrected chi connectivity index (χ3v) is 8.75. The predicted octanol–water partition coefficient (Wildman–Crippen LogP) is 5.82. The van der Waals surface area contributed by atoms with Crippen LogP contribution in [0.3, 0.4) is 0 Å². The first kappa shape index (κ1) is 30.5. The van der Waals surface area contributed by atoms with Gasteiger partial charge in [-0.05, 0) is 87.1 Å². The maximum atomic E-state index is 14.2. The van der Waals surface area contributed by atoms with E-state index in [1.807, 2.05) is 0 Å². The lowest BCUT2D eigenvalue weighted by Gasteiger charge is -2.41. The highest BCUT2D eigenvalue weighted by Crippen LogP contribution is 2.43. The molecule has 11 heteroatoms. The van der Waals surface area contributed by atoms with E-state index in [4.69, 9.17) is 21.1 Å². The van der Waals surface area contributed by atoms with Gasteiger partial charge in [0.25, 0.3) is 17.4 Å². The van der Waals surface area contributed by atoms with Gasteiger partial charge < -0.3 is 24.4 Å². The van der Waals surface area contributed by atoms with E-state index in [2.05, 4.69) is 0 Å². The molecule has 2 saturated carbocycles. The normalized spacial score (nSPS) is 22.6. The predicted molar refractivity (Wildman–Crippen MR) is 151 cm³/mol. The summed E-state index contributed by atoms with van der Waals surface area (Å²) in [5.74, 6) is -0.00243. The minimum Gasteiger partial charge on any atom is -0.490 e. The number of ether oxygens (including phenoxy) is 2. The van der Waals surface area contributed by atoms with Crippen molar-refractivity contribution in [1.29, 1.82) is 0 Å². The largest absolute Gasteiger partial charge is 0.490 e. The Balaban J connectivity index is 1.12. The van der Waals surface area contributed by atoms with Crippen LogP contribution in [-0.2, 0) is 10.4 Å². The van der Waals surface area contributed by atoms with Crippen molar-refractivity contribution in [3.05, 3.63) is 58.6 Å². The highest BCUT2D eigenvalue weighted by Gasteiger charge is 2.62. The lowest BCUT2D eigenvalue weighted by Crippen LogP contribution is -2.57. The van der Waals surface area contributed by atoms with Gasteiger partial charge in [-0.2, -0.15) is 13.2 Å². The van der Waals surface area contributed by atoms with Crippen molar-refractivity contribution >= 4 is 23.4 Å². The molecule has 0 spiro atoms. The Kier molecular flexibility index (Phi) is 8.67. The van der Waals surface area contributed by atoms with Crippen molar-refractivity contribution in [1.82, 2.24) is 9.80 Å². The molecule has 2 amide bonds. The molecule has 0 unspecified atom stereocenters. The number of halogens is 4. The molecule has 5 rings (SSSR count). The number of likely N-dealkylation sites (tertiary alicyclic amines) is 1. The topological polar surface area (TPSA) is 79.3 Å². The zero-order valence-electron chi connectivity index (χ0n) is 23.7. The molecule has 3 fully saturated rings. The summed E-state index contributed by atoms with van der Waals surface area (Å²) in [6, 6.07) is 10.2. The van der Waals surface area contributed by atoms with Gasteiger partial charge in [0.2, 0.25) is 0 Å². The monoisotopic (exact) mass is 608 g/mol. The average molecular weight is 609 g/mol. The molecule has 42 heavy (non-hydrogen) atoms. The molecule has 0 aromatic heterocycles. The summed E-state index contributed by atoms with van der Waals surface area (Å²) in [5, 5.41) is 11.2. The van der Waals surface area contributed by atoms with Crippen LogP contribution >= 0.6 is 11.6 Å². The van der Waals surface area contributed by atoms with E-state index in [-0.39, 0.29) is 42.9 Å². The van der Waals surface area contributed by atoms with Gasteiger partial charge in [0.15, 0.2) is 0 Å². The highest BCUT2D eigenvalue weighted by atomic mass is 35.5. The molecule has 2 aromatic rings. The fraction of sp³-hybridized carbons (Fsp3) is 0.548. The number of nitrogens with zero attached hydrogens (tertiary/aromatic N) is 2. The Morgan fingerprint density at radius 1 is 0.952 bits per heavy atom. The van der Waals surface area contributed by atoms with Crippen LogP contribution < -0.4 is 9.47 Å². The number of hydrogen-bond donors (Lipinski definition) is 1. The number of amides is 2. The molecule has 1 aliphatic heterocycles. The van der Waals surface area contributed by atoms with Gasteiger partial charge in [0.05, 0.1) is 22.8 Å². The van der Waals surface area contributed by atoms with Crippen molar-refractivity contribution < 1.29 is 37.3 Å². The van der Waals surface area contributed by atoms with Crippen LogP contribution in [0.4, 0.5) is 13.2 Å². The second-order valence-corrected chi connectivity index (χ2v) is 12.4. The molecular formula is C31H36ClF3N2O5. The molecule has 1 atom stereocenters. The second-order valence-electron chi connectivity index (χ2n) is 11.9. The summed E-state index contributed by atoms with van der Waals surface area (Å²) in [5.41, 5.74) is -3.75. The lowest BCUT2D eigenvalue weighted by molar-refractivity contribution is -0.262. The molecule has 0 radical (unpaired) electrons. The van der Waals surface area contributed by atoms with Crippen molar-refractivity contribution in [2.75, 3.05) is 27.2 Å². The fourth-order valence-corrected chi connectivity index (χ4v) is 6.04. The van der Waals surface area contributed by atoms with E-state index < -0.39 is 23.2 Å². The molecule has 3 aliphatic rings. The highest BCUT2D eigenvalue weighted by molar-refractivity contribution is 6.34. The number of carbonyl (C=O) groups excluding carboxylic acids is 2. The van der Waals surface area contributed by atoms with Crippen molar-refractivity contribution in [2.24, 2.45) is 11.8 Å². The Labute approximate surface area is 248 Å². The molecule has 2 aliphatic carbocycles. The van der Waals surface area contributed by atoms with Gasteiger partial charge in [0.1, 0.15) is 11.5 Å². The summed E-state index contributed by atoms with van der Waals surface area (Å²) in [6.45, 7) is 0.312. The van der Waals surface area contributed by atoms with Crippen LogP contribution in [0.1, 0.15) is 60.9 Å². The fourth-order valence-electron chi connectivity index (χ4n) is 5.79. The molecule has 228 valence electrons. The summed E-state index contributed by atoms with van der Waals surface area (Å²) in [4.78, 5) is 28.0. The number of alkyl halides is 3. The SMILES string of the molecule is CN(C)C(=O)c1ccc(OC2CC(CC3CCN(C(=O)[C@](O)(c4cccc(OC5CC5)c4)C(F)(F)F)CC3)C2)cc1Cl. The van der Waals surface area contributed by atoms with Gasteiger partial charge in [-0.15, -0.1) is 0 Å². The summed E-state index contributed by atoms with van der Waals surface area (Å²) < 4.78 is 54.3. The number of piperidine rings is 1. The van der Waals surface area contributed by atoms with Crippen LogP contribution in [0.5, 0.6) is 11.5 Å². The number of rotatable bonds is 9. The molecular weight excluding hydrogens is 573 g/mol. The Bertz CT molecular complexity index is 1300. The molecule has 0 bridgehead atoms. The van der Waals surface area contributed by atoms with E-state index in [0.717, 1.165) is 49.1 Å². The zero-order valence-corrected chi connectivity index (χ0v) is 24.5. The van der Waals surface area contributed by atoms with E-state index in [9.17, 15) is 27.9 Å². The van der Waals surface area contributed by atoms with Gasteiger partial charge in [-0.1, -0.05) is 23.7 Å². The maximum Gasteiger partial charge on any atom is 0.430 e. The van der Waals surface area contributed by atoms with E-state index >= 15 is 0 Å². The van der Waals surface area contributed by atoms with Crippen LogP contribution in [0.25, 0.3) is 0 Å². The molecule has 1 heterocycles. The Morgan fingerprint density at radius 2 is 1.60 bits per heavy atom. The third kappa shape index (κ3) is 6.49. The minimum absolute atomic E-state index is 0.0310. The van der Waals surface area contributed by atoms with Gasteiger partial charge in [0, 0.05) is 32.7 Å². The van der Waals surface area contributed by atoms with Crippen LogP contribution in [0.15, 0.2) is 42.5 Å². The molecule has 2 aromatic carbocycles. The van der Waals surface area contributed by atoms with Crippen LogP contribution in [-0.4, -0.2) is 72.3 Å². The van der Waals surface area contributed by atoms with Gasteiger partial charge in [-0.3, -0.25) is 9.59 Å². The van der Waals surface area contributed by atoms with E-state index in [0.29, 0.717) is 35.1 Å². The second kappa shape index (κ2) is 12.0. The molecule has 1 saturated heterocycles.